The van der Waals surface area contributed by atoms with Gasteiger partial charge in [0, 0.05) is 5.41 Å². The molecule has 0 unspecified atom stereocenters. The molecule has 0 heterocycles. The third-order valence-corrected chi connectivity index (χ3v) is 5.48. The monoisotopic (exact) mass is 242 g/mol. The predicted octanol–water partition coefficient (Wildman–Crippen LogP) is 3.36. The van der Waals surface area contributed by atoms with Crippen molar-refractivity contribution in [2.24, 2.45) is 16.7 Å². The van der Waals surface area contributed by atoms with E-state index in [1.165, 1.54) is 6.42 Å². The van der Waals surface area contributed by atoms with Crippen molar-refractivity contribution >= 4 is 0 Å². The highest BCUT2D eigenvalue weighted by Crippen LogP contribution is 2.48. The van der Waals surface area contributed by atoms with Crippen LogP contribution in [0.1, 0.15) is 66.7 Å². The zero-order chi connectivity index (χ0) is 13.3. The van der Waals surface area contributed by atoms with E-state index < -0.39 is 5.60 Å². The molecule has 0 aromatic rings. The first-order valence-corrected chi connectivity index (χ1v) is 7.02. The minimum atomic E-state index is -0.679. The van der Waals surface area contributed by atoms with Crippen molar-refractivity contribution in [1.82, 2.24) is 0 Å². The molecule has 0 aromatic carbocycles. The van der Waals surface area contributed by atoms with Crippen molar-refractivity contribution in [3.8, 4) is 0 Å². The topological polar surface area (TPSA) is 40.5 Å². The molecule has 0 spiro atoms. The Hall–Kier alpha value is -0.0800. The Labute approximate surface area is 106 Å². The molecule has 0 amide bonds. The van der Waals surface area contributed by atoms with Crippen molar-refractivity contribution in [3.63, 3.8) is 0 Å². The van der Waals surface area contributed by atoms with Crippen LogP contribution in [-0.2, 0) is 0 Å². The quantitative estimate of drug-likeness (QED) is 0.793. The Morgan fingerprint density at radius 1 is 1.12 bits per heavy atom. The highest BCUT2D eigenvalue weighted by molar-refractivity contribution is 4.98. The zero-order valence-electron chi connectivity index (χ0n) is 12.2. The minimum Gasteiger partial charge on any atom is -0.396 e. The smallest absolute Gasteiger partial charge is 0.0720 e. The van der Waals surface area contributed by atoms with Crippen LogP contribution in [0, 0.1) is 16.7 Å². The zero-order valence-corrected chi connectivity index (χ0v) is 12.2. The van der Waals surface area contributed by atoms with Gasteiger partial charge >= 0.3 is 0 Å². The van der Waals surface area contributed by atoms with Gasteiger partial charge in [0.05, 0.1) is 12.2 Å². The molecule has 1 aliphatic carbocycles. The van der Waals surface area contributed by atoms with Gasteiger partial charge in [-0.25, -0.2) is 0 Å². The van der Waals surface area contributed by atoms with Crippen molar-refractivity contribution in [2.75, 3.05) is 6.61 Å². The van der Waals surface area contributed by atoms with Crippen LogP contribution in [-0.4, -0.2) is 22.4 Å². The van der Waals surface area contributed by atoms with Gasteiger partial charge in [0.15, 0.2) is 0 Å². The Kier molecular flexibility index (Phi) is 4.31. The fourth-order valence-corrected chi connectivity index (χ4v) is 2.99. The van der Waals surface area contributed by atoms with Gasteiger partial charge in [-0.05, 0) is 37.0 Å². The standard InChI is InChI=1S/C15H30O2/c1-6-13(2,3)12-7-9-15(17,10-8-12)14(4,5)11-16/h12,16-17H,6-11H2,1-5H3. The summed E-state index contributed by atoms with van der Waals surface area (Å²) in [4.78, 5) is 0. The third kappa shape index (κ3) is 2.85. The van der Waals surface area contributed by atoms with E-state index in [-0.39, 0.29) is 12.0 Å². The molecule has 1 fully saturated rings. The average Bonchev–Trinajstić information content (AvgIpc) is 2.29. The van der Waals surface area contributed by atoms with E-state index in [0.29, 0.717) is 11.3 Å². The molecule has 2 heteroatoms. The molecule has 0 atom stereocenters. The molecule has 0 bridgehead atoms. The summed E-state index contributed by atoms with van der Waals surface area (Å²) in [5.41, 5.74) is -0.679. The van der Waals surface area contributed by atoms with Gasteiger partial charge < -0.3 is 10.2 Å². The number of rotatable bonds is 4. The Morgan fingerprint density at radius 2 is 1.59 bits per heavy atom. The summed E-state index contributed by atoms with van der Waals surface area (Å²) >= 11 is 0. The Morgan fingerprint density at radius 3 is 1.94 bits per heavy atom. The molecule has 1 rings (SSSR count). The van der Waals surface area contributed by atoms with Crippen molar-refractivity contribution in [1.29, 1.82) is 0 Å². The molecule has 2 nitrogen and oxygen atoms in total. The molecule has 0 saturated heterocycles. The lowest BCUT2D eigenvalue weighted by Crippen LogP contribution is -2.50. The number of hydrogen-bond acceptors (Lipinski definition) is 2. The van der Waals surface area contributed by atoms with Gasteiger partial charge in [-0.15, -0.1) is 0 Å². The normalized spacial score (nSPS) is 31.6. The van der Waals surface area contributed by atoms with Crippen molar-refractivity contribution in [3.05, 3.63) is 0 Å². The van der Waals surface area contributed by atoms with Gasteiger partial charge in [-0.1, -0.05) is 41.0 Å². The van der Waals surface area contributed by atoms with Crippen LogP contribution in [0.3, 0.4) is 0 Å². The lowest BCUT2D eigenvalue weighted by atomic mass is 9.60. The van der Waals surface area contributed by atoms with Crippen LogP contribution < -0.4 is 0 Å². The lowest BCUT2D eigenvalue weighted by Gasteiger charge is -2.49. The van der Waals surface area contributed by atoms with Crippen molar-refractivity contribution in [2.45, 2.75) is 72.3 Å². The number of aliphatic hydroxyl groups is 2. The summed E-state index contributed by atoms with van der Waals surface area (Å²) in [6.07, 6.45) is 5.02. The molecule has 17 heavy (non-hydrogen) atoms. The third-order valence-electron chi connectivity index (χ3n) is 5.48. The second kappa shape index (κ2) is 4.89. The molecule has 102 valence electrons. The van der Waals surface area contributed by atoms with E-state index in [9.17, 15) is 10.2 Å². The molecule has 0 radical (unpaired) electrons. The van der Waals surface area contributed by atoms with E-state index in [2.05, 4.69) is 20.8 Å². The van der Waals surface area contributed by atoms with Gasteiger partial charge in [0.25, 0.3) is 0 Å². The molecule has 1 saturated carbocycles. The first-order chi connectivity index (χ1) is 7.68. The van der Waals surface area contributed by atoms with E-state index in [0.717, 1.165) is 25.7 Å². The molecule has 2 N–H and O–H groups in total. The first kappa shape index (κ1) is 15.0. The maximum Gasteiger partial charge on any atom is 0.0720 e. The Balaban J connectivity index is 2.68. The van der Waals surface area contributed by atoms with Gasteiger partial charge in [-0.3, -0.25) is 0 Å². The summed E-state index contributed by atoms with van der Waals surface area (Å²) in [5, 5.41) is 20.1. The lowest BCUT2D eigenvalue weighted by molar-refractivity contribution is -0.126. The fraction of sp³-hybridized carbons (Fsp3) is 1.00. The van der Waals surface area contributed by atoms with E-state index in [1.807, 2.05) is 13.8 Å². The SMILES string of the molecule is CCC(C)(C)C1CCC(O)(C(C)(C)CO)CC1. The fourth-order valence-electron chi connectivity index (χ4n) is 2.99. The summed E-state index contributed by atoms with van der Waals surface area (Å²) < 4.78 is 0. The highest BCUT2D eigenvalue weighted by Gasteiger charge is 2.47. The highest BCUT2D eigenvalue weighted by atomic mass is 16.3. The second-order valence-corrected chi connectivity index (χ2v) is 7.19. The molecule has 0 aliphatic heterocycles. The van der Waals surface area contributed by atoms with Crippen LogP contribution in [0.2, 0.25) is 0 Å². The first-order valence-electron chi connectivity index (χ1n) is 7.02. The van der Waals surface area contributed by atoms with Crippen LogP contribution >= 0.6 is 0 Å². The summed E-state index contributed by atoms with van der Waals surface area (Å²) in [6.45, 7) is 10.9. The summed E-state index contributed by atoms with van der Waals surface area (Å²) in [6, 6.07) is 0. The van der Waals surface area contributed by atoms with E-state index in [4.69, 9.17) is 0 Å². The average molecular weight is 242 g/mol. The van der Waals surface area contributed by atoms with Crippen LogP contribution in [0.5, 0.6) is 0 Å². The second-order valence-electron chi connectivity index (χ2n) is 7.19. The molecule has 0 aromatic heterocycles. The maximum absolute atomic E-state index is 10.7. The van der Waals surface area contributed by atoms with Crippen molar-refractivity contribution < 1.29 is 10.2 Å². The predicted molar refractivity (Wildman–Crippen MR) is 71.8 cm³/mol. The van der Waals surface area contributed by atoms with Crippen LogP contribution in [0.4, 0.5) is 0 Å². The van der Waals surface area contributed by atoms with E-state index in [1.54, 1.807) is 0 Å². The molecular formula is C15H30O2. The summed E-state index contributed by atoms with van der Waals surface area (Å²) in [5.74, 6) is 0.710. The van der Waals surface area contributed by atoms with Gasteiger partial charge in [0.2, 0.25) is 0 Å². The van der Waals surface area contributed by atoms with Gasteiger partial charge in [-0.2, -0.15) is 0 Å². The number of aliphatic hydroxyl groups excluding tert-OH is 1. The molecular weight excluding hydrogens is 212 g/mol. The summed E-state index contributed by atoms with van der Waals surface area (Å²) in [7, 11) is 0. The van der Waals surface area contributed by atoms with Crippen LogP contribution in [0.15, 0.2) is 0 Å². The maximum atomic E-state index is 10.7. The van der Waals surface area contributed by atoms with E-state index >= 15 is 0 Å². The number of hydrogen-bond donors (Lipinski definition) is 2. The minimum absolute atomic E-state index is 0.0609. The largest absolute Gasteiger partial charge is 0.396 e. The van der Waals surface area contributed by atoms with Crippen LogP contribution in [0.25, 0.3) is 0 Å². The van der Waals surface area contributed by atoms with Gasteiger partial charge in [0.1, 0.15) is 0 Å². The Bertz CT molecular complexity index is 248. The molecule has 1 aliphatic rings.